The molecule has 2 amide bonds. The number of nitrogens with one attached hydrogen (secondary N) is 1. The fourth-order valence-corrected chi connectivity index (χ4v) is 5.67. The van der Waals surface area contributed by atoms with Gasteiger partial charge < -0.3 is 19.7 Å². The molecule has 0 aliphatic carbocycles. The second-order valence-corrected chi connectivity index (χ2v) is 10.7. The van der Waals surface area contributed by atoms with Crippen LogP contribution in [0.2, 0.25) is 0 Å². The normalized spacial score (nSPS) is 17.3. The summed E-state index contributed by atoms with van der Waals surface area (Å²) in [5.74, 6) is -2.48. The lowest BCUT2D eigenvalue weighted by Gasteiger charge is -2.32. The molecule has 1 fully saturated rings. The van der Waals surface area contributed by atoms with Crippen LogP contribution in [0.4, 0.5) is 0 Å². The number of hydrogen-bond acceptors (Lipinski definition) is 8. The lowest BCUT2D eigenvalue weighted by atomic mass is 9.98. The van der Waals surface area contributed by atoms with E-state index in [-0.39, 0.29) is 5.92 Å². The fraction of sp³-hybridized carbons (Fsp3) is 0.429. The standard InChI is InChI=1S/C28H33N3O6S/c1-19(32)36-25(26(37-20(2)33)28(35)30-17-22-8-6-7-9-23(22)18-30)27(34)29-16-21-12-14-31(15-13-21)38-24-10-4-3-5-11-24/h3-11,21,25-26H,12-18H2,1-2H3,(H,29,34)/t25-,26-/m1/s1. The first-order chi connectivity index (χ1) is 18.3. The third-order valence-electron chi connectivity index (χ3n) is 6.63. The molecule has 0 radical (unpaired) electrons. The lowest BCUT2D eigenvalue weighted by molar-refractivity contribution is -0.178. The van der Waals surface area contributed by atoms with Gasteiger partial charge in [0.1, 0.15) is 0 Å². The molecular formula is C28H33N3O6S. The maximum absolute atomic E-state index is 13.4. The van der Waals surface area contributed by atoms with Crippen LogP contribution in [0.15, 0.2) is 59.5 Å². The largest absolute Gasteiger partial charge is 0.448 e. The van der Waals surface area contributed by atoms with Gasteiger partial charge >= 0.3 is 11.9 Å². The highest BCUT2D eigenvalue weighted by Gasteiger charge is 2.42. The summed E-state index contributed by atoms with van der Waals surface area (Å²) >= 11 is 1.72. The topological polar surface area (TPSA) is 105 Å². The third kappa shape index (κ3) is 7.35. The summed E-state index contributed by atoms with van der Waals surface area (Å²) in [6.45, 7) is 5.07. The van der Waals surface area contributed by atoms with E-state index in [4.69, 9.17) is 9.47 Å². The van der Waals surface area contributed by atoms with E-state index in [1.165, 1.54) is 9.80 Å². The molecule has 2 aliphatic rings. The summed E-state index contributed by atoms with van der Waals surface area (Å²) in [6, 6.07) is 17.8. The van der Waals surface area contributed by atoms with Gasteiger partial charge in [-0.1, -0.05) is 42.5 Å². The minimum atomic E-state index is -1.58. The van der Waals surface area contributed by atoms with E-state index < -0.39 is 36.0 Å². The molecule has 202 valence electrons. The number of esters is 2. The van der Waals surface area contributed by atoms with E-state index in [9.17, 15) is 19.2 Å². The van der Waals surface area contributed by atoms with Gasteiger partial charge in [0.2, 0.25) is 12.2 Å². The Kier molecular flexibility index (Phi) is 9.41. The van der Waals surface area contributed by atoms with E-state index in [0.717, 1.165) is 50.9 Å². The Labute approximate surface area is 227 Å². The number of carbonyl (C=O) groups is 4. The number of fused-ring (bicyclic) bond motifs is 1. The van der Waals surface area contributed by atoms with Crippen LogP contribution in [-0.2, 0) is 41.7 Å². The van der Waals surface area contributed by atoms with Gasteiger partial charge in [-0.3, -0.25) is 19.2 Å². The van der Waals surface area contributed by atoms with E-state index >= 15 is 0 Å². The molecule has 10 heteroatoms. The molecule has 4 rings (SSSR count). The van der Waals surface area contributed by atoms with Crippen molar-refractivity contribution in [2.45, 2.75) is 56.9 Å². The maximum Gasteiger partial charge on any atom is 0.303 e. The van der Waals surface area contributed by atoms with Crippen molar-refractivity contribution in [3.05, 3.63) is 65.7 Å². The third-order valence-corrected chi connectivity index (χ3v) is 7.74. The molecule has 2 aliphatic heterocycles. The van der Waals surface area contributed by atoms with Gasteiger partial charge in [-0.2, -0.15) is 0 Å². The van der Waals surface area contributed by atoms with Crippen LogP contribution in [0.3, 0.4) is 0 Å². The van der Waals surface area contributed by atoms with Gasteiger partial charge in [-0.15, -0.1) is 0 Å². The Morgan fingerprint density at radius 2 is 1.42 bits per heavy atom. The Morgan fingerprint density at radius 1 is 0.868 bits per heavy atom. The van der Waals surface area contributed by atoms with Crippen molar-refractivity contribution in [2.75, 3.05) is 19.6 Å². The Hall–Kier alpha value is -3.37. The molecule has 2 aromatic carbocycles. The van der Waals surface area contributed by atoms with Crippen LogP contribution in [0.25, 0.3) is 0 Å². The first kappa shape index (κ1) is 27.7. The zero-order valence-corrected chi connectivity index (χ0v) is 22.4. The van der Waals surface area contributed by atoms with Crippen molar-refractivity contribution >= 4 is 35.7 Å². The lowest BCUT2D eigenvalue weighted by Crippen LogP contribution is -2.54. The van der Waals surface area contributed by atoms with Gasteiger partial charge in [-0.25, -0.2) is 4.31 Å². The second-order valence-electron chi connectivity index (χ2n) is 9.54. The average Bonchev–Trinajstić information content (AvgIpc) is 3.34. The quantitative estimate of drug-likeness (QED) is 0.383. The Bertz CT molecular complexity index is 1130. The van der Waals surface area contributed by atoms with Crippen LogP contribution in [-0.4, -0.2) is 64.8 Å². The van der Waals surface area contributed by atoms with Crippen molar-refractivity contribution in [3.8, 4) is 0 Å². The molecule has 0 spiro atoms. The molecule has 2 heterocycles. The van der Waals surface area contributed by atoms with Crippen LogP contribution >= 0.6 is 11.9 Å². The maximum atomic E-state index is 13.4. The molecular weight excluding hydrogens is 506 g/mol. The number of carbonyl (C=O) groups excluding carboxylic acids is 4. The van der Waals surface area contributed by atoms with Gasteiger partial charge in [0, 0.05) is 51.5 Å². The summed E-state index contributed by atoms with van der Waals surface area (Å²) in [4.78, 5) is 53.1. The Balaban J connectivity index is 1.36. The van der Waals surface area contributed by atoms with Crippen molar-refractivity contribution in [1.29, 1.82) is 0 Å². The predicted molar refractivity (Wildman–Crippen MR) is 141 cm³/mol. The summed E-state index contributed by atoms with van der Waals surface area (Å²) in [7, 11) is 0. The Morgan fingerprint density at radius 3 is 2.00 bits per heavy atom. The number of amides is 2. The molecule has 0 bridgehead atoms. The average molecular weight is 540 g/mol. The zero-order valence-electron chi connectivity index (χ0n) is 21.6. The monoisotopic (exact) mass is 539 g/mol. The van der Waals surface area contributed by atoms with E-state index in [0.29, 0.717) is 19.6 Å². The minimum Gasteiger partial charge on any atom is -0.448 e. The molecule has 0 unspecified atom stereocenters. The van der Waals surface area contributed by atoms with Crippen LogP contribution in [0.5, 0.6) is 0 Å². The van der Waals surface area contributed by atoms with Crippen LogP contribution in [0.1, 0.15) is 37.8 Å². The van der Waals surface area contributed by atoms with Crippen molar-refractivity contribution in [2.24, 2.45) is 5.92 Å². The van der Waals surface area contributed by atoms with Crippen LogP contribution < -0.4 is 5.32 Å². The first-order valence-electron chi connectivity index (χ1n) is 12.8. The van der Waals surface area contributed by atoms with Gasteiger partial charge in [-0.05, 0) is 54.0 Å². The van der Waals surface area contributed by atoms with Gasteiger partial charge in [0.15, 0.2) is 0 Å². The number of benzene rings is 2. The molecule has 2 aromatic rings. The summed E-state index contributed by atoms with van der Waals surface area (Å²) < 4.78 is 12.9. The van der Waals surface area contributed by atoms with Gasteiger partial charge in [0.05, 0.1) is 0 Å². The highest BCUT2D eigenvalue weighted by Crippen LogP contribution is 2.28. The fourth-order valence-electron chi connectivity index (χ4n) is 4.70. The molecule has 2 atom stereocenters. The summed E-state index contributed by atoms with van der Waals surface area (Å²) in [6.07, 6.45) is -1.39. The molecule has 9 nitrogen and oxygen atoms in total. The molecule has 1 saturated heterocycles. The van der Waals surface area contributed by atoms with E-state index in [2.05, 4.69) is 21.8 Å². The molecule has 0 aromatic heterocycles. The van der Waals surface area contributed by atoms with Crippen LogP contribution in [0, 0.1) is 5.92 Å². The van der Waals surface area contributed by atoms with Gasteiger partial charge in [0.25, 0.3) is 11.8 Å². The van der Waals surface area contributed by atoms with Crippen molar-refractivity contribution < 1.29 is 28.7 Å². The van der Waals surface area contributed by atoms with E-state index in [1.54, 1.807) is 11.9 Å². The highest BCUT2D eigenvalue weighted by molar-refractivity contribution is 7.97. The minimum absolute atomic E-state index is 0.237. The predicted octanol–water partition coefficient (Wildman–Crippen LogP) is 2.93. The molecule has 1 N–H and O–H groups in total. The van der Waals surface area contributed by atoms with E-state index in [1.807, 2.05) is 42.5 Å². The summed E-state index contributed by atoms with van der Waals surface area (Å²) in [5.41, 5.74) is 1.96. The highest BCUT2D eigenvalue weighted by atomic mass is 32.2. The summed E-state index contributed by atoms with van der Waals surface area (Å²) in [5, 5.41) is 2.84. The first-order valence-corrected chi connectivity index (χ1v) is 13.5. The smallest absolute Gasteiger partial charge is 0.303 e. The SMILES string of the molecule is CC(=O)O[C@@H](C(=O)NCC1CCN(Sc2ccccc2)CC1)[C@@H](OC(C)=O)C(=O)N1Cc2ccccc2C1. The zero-order chi connectivity index (χ0) is 27.1. The molecule has 0 saturated carbocycles. The number of hydrogen-bond donors (Lipinski definition) is 1. The number of piperidine rings is 1. The van der Waals surface area contributed by atoms with Crippen molar-refractivity contribution in [3.63, 3.8) is 0 Å². The number of ether oxygens (including phenoxy) is 2. The van der Waals surface area contributed by atoms with Crippen molar-refractivity contribution in [1.82, 2.24) is 14.5 Å². The second kappa shape index (κ2) is 12.9. The molecule has 38 heavy (non-hydrogen) atoms. The number of rotatable bonds is 9. The number of nitrogens with zero attached hydrogens (tertiary/aromatic N) is 2.